The van der Waals surface area contributed by atoms with Crippen LogP contribution >= 0.6 is 0 Å². The van der Waals surface area contributed by atoms with Gasteiger partial charge in [-0.2, -0.15) is 5.10 Å². The van der Waals surface area contributed by atoms with Crippen LogP contribution in [0.2, 0.25) is 0 Å². The van der Waals surface area contributed by atoms with Gasteiger partial charge in [0.15, 0.2) is 0 Å². The minimum atomic E-state index is -0.342. The Balaban J connectivity index is 2.38. The fraction of sp³-hybridized carbons (Fsp3) is 0.286. The monoisotopic (exact) mass is 259 g/mol. The lowest BCUT2D eigenvalue weighted by atomic mass is 10.1. The molecule has 0 aliphatic rings. The molecule has 0 fully saturated rings. The smallest absolute Gasteiger partial charge is 0.338 e. The number of aryl methyl sites for hydroxylation is 1. The molecule has 0 atom stereocenters. The first-order valence-electron chi connectivity index (χ1n) is 6.00. The van der Waals surface area contributed by atoms with Crippen LogP contribution in [-0.2, 0) is 11.3 Å². The van der Waals surface area contributed by atoms with Crippen LogP contribution in [0.25, 0.3) is 0 Å². The number of esters is 1. The van der Waals surface area contributed by atoms with Crippen LogP contribution < -0.4 is 5.73 Å². The standard InChI is InChI=1S/C14H17N3O2/c1-9-13(15)10(2)17(16-9)8-11-6-4-5-7-12(11)14(18)19-3/h4-7H,8,15H2,1-3H3. The van der Waals surface area contributed by atoms with Crippen LogP contribution in [0.1, 0.15) is 27.3 Å². The van der Waals surface area contributed by atoms with Gasteiger partial charge in [0.1, 0.15) is 0 Å². The number of aromatic nitrogens is 2. The molecule has 0 aliphatic carbocycles. The van der Waals surface area contributed by atoms with E-state index in [9.17, 15) is 4.79 Å². The normalized spacial score (nSPS) is 10.5. The molecule has 1 heterocycles. The zero-order chi connectivity index (χ0) is 14.0. The highest BCUT2D eigenvalue weighted by Crippen LogP contribution is 2.18. The minimum Gasteiger partial charge on any atom is -0.465 e. The molecule has 0 unspecified atom stereocenters. The van der Waals surface area contributed by atoms with E-state index < -0.39 is 0 Å². The predicted molar refractivity (Wildman–Crippen MR) is 73.0 cm³/mol. The zero-order valence-electron chi connectivity index (χ0n) is 11.3. The summed E-state index contributed by atoms with van der Waals surface area (Å²) in [5.74, 6) is -0.342. The minimum absolute atomic E-state index is 0.342. The first kappa shape index (κ1) is 13.1. The van der Waals surface area contributed by atoms with E-state index in [0.29, 0.717) is 17.8 Å². The van der Waals surface area contributed by atoms with E-state index in [0.717, 1.165) is 17.0 Å². The lowest BCUT2D eigenvalue weighted by Crippen LogP contribution is -2.11. The molecule has 0 saturated heterocycles. The van der Waals surface area contributed by atoms with Gasteiger partial charge in [-0.1, -0.05) is 18.2 Å². The Morgan fingerprint density at radius 3 is 2.63 bits per heavy atom. The lowest BCUT2D eigenvalue weighted by Gasteiger charge is -2.09. The van der Waals surface area contributed by atoms with E-state index in [4.69, 9.17) is 10.5 Å². The van der Waals surface area contributed by atoms with Crippen LogP contribution in [0.15, 0.2) is 24.3 Å². The number of rotatable bonds is 3. The van der Waals surface area contributed by atoms with Crippen LogP contribution in [0, 0.1) is 13.8 Å². The molecule has 0 bridgehead atoms. The average Bonchev–Trinajstić information content (AvgIpc) is 2.66. The number of nitrogens with two attached hydrogens (primary N) is 1. The van der Waals surface area contributed by atoms with Gasteiger partial charge >= 0.3 is 5.97 Å². The van der Waals surface area contributed by atoms with Crippen molar-refractivity contribution in [1.29, 1.82) is 0 Å². The highest BCUT2D eigenvalue weighted by molar-refractivity contribution is 5.90. The molecular weight excluding hydrogens is 242 g/mol. The van der Waals surface area contributed by atoms with E-state index in [1.165, 1.54) is 7.11 Å². The number of hydrogen-bond acceptors (Lipinski definition) is 4. The zero-order valence-corrected chi connectivity index (χ0v) is 11.3. The number of carbonyl (C=O) groups excluding carboxylic acids is 1. The number of carbonyl (C=O) groups is 1. The molecule has 5 heteroatoms. The molecule has 0 saturated carbocycles. The second-order valence-electron chi connectivity index (χ2n) is 4.39. The van der Waals surface area contributed by atoms with Gasteiger partial charge in [0.25, 0.3) is 0 Å². The molecule has 1 aromatic heterocycles. The molecule has 2 aromatic rings. The van der Waals surface area contributed by atoms with Crippen molar-refractivity contribution < 1.29 is 9.53 Å². The third kappa shape index (κ3) is 2.45. The van der Waals surface area contributed by atoms with Crippen molar-refractivity contribution in [2.45, 2.75) is 20.4 Å². The molecule has 0 radical (unpaired) electrons. The molecule has 1 aromatic carbocycles. The predicted octanol–water partition coefficient (Wildman–Crippen LogP) is 1.92. The second kappa shape index (κ2) is 5.14. The van der Waals surface area contributed by atoms with Crippen LogP contribution in [0.4, 0.5) is 5.69 Å². The summed E-state index contributed by atoms with van der Waals surface area (Å²) >= 11 is 0. The van der Waals surface area contributed by atoms with Gasteiger partial charge in [0.2, 0.25) is 0 Å². The number of benzene rings is 1. The number of anilines is 1. The van der Waals surface area contributed by atoms with E-state index in [1.54, 1.807) is 10.7 Å². The fourth-order valence-electron chi connectivity index (χ4n) is 1.99. The number of nitrogens with zero attached hydrogens (tertiary/aromatic N) is 2. The lowest BCUT2D eigenvalue weighted by molar-refractivity contribution is 0.0599. The van der Waals surface area contributed by atoms with Crippen molar-refractivity contribution >= 4 is 11.7 Å². The number of methoxy groups -OCH3 is 1. The highest BCUT2D eigenvalue weighted by Gasteiger charge is 2.14. The number of hydrogen-bond donors (Lipinski definition) is 1. The summed E-state index contributed by atoms with van der Waals surface area (Å²) in [5.41, 5.74) is 9.71. The summed E-state index contributed by atoms with van der Waals surface area (Å²) in [7, 11) is 1.38. The Hall–Kier alpha value is -2.30. The summed E-state index contributed by atoms with van der Waals surface area (Å²) in [4.78, 5) is 11.7. The summed E-state index contributed by atoms with van der Waals surface area (Å²) < 4.78 is 6.58. The molecule has 2 rings (SSSR count). The molecule has 100 valence electrons. The Morgan fingerprint density at radius 1 is 1.37 bits per heavy atom. The van der Waals surface area contributed by atoms with Gasteiger partial charge in [-0.25, -0.2) is 4.79 Å². The maximum atomic E-state index is 11.7. The maximum Gasteiger partial charge on any atom is 0.338 e. The second-order valence-corrected chi connectivity index (χ2v) is 4.39. The van der Waals surface area contributed by atoms with Gasteiger partial charge in [0.05, 0.1) is 36.3 Å². The van der Waals surface area contributed by atoms with E-state index >= 15 is 0 Å². The SMILES string of the molecule is COC(=O)c1ccccc1Cn1nc(C)c(N)c1C. The summed E-state index contributed by atoms with van der Waals surface area (Å²) in [6, 6.07) is 7.33. The van der Waals surface area contributed by atoms with E-state index in [1.807, 2.05) is 32.0 Å². The quantitative estimate of drug-likeness (QED) is 0.855. The van der Waals surface area contributed by atoms with Crippen molar-refractivity contribution in [3.05, 3.63) is 46.8 Å². The summed E-state index contributed by atoms with van der Waals surface area (Å²) in [6.45, 7) is 4.27. The van der Waals surface area contributed by atoms with Gasteiger partial charge in [-0.15, -0.1) is 0 Å². The highest BCUT2D eigenvalue weighted by atomic mass is 16.5. The molecule has 0 aliphatic heterocycles. The third-order valence-corrected chi connectivity index (χ3v) is 3.18. The number of ether oxygens (including phenoxy) is 1. The number of nitrogen functional groups attached to an aromatic ring is 1. The molecule has 0 amide bonds. The molecule has 19 heavy (non-hydrogen) atoms. The van der Waals surface area contributed by atoms with Gasteiger partial charge in [-0.3, -0.25) is 4.68 Å². The first-order valence-corrected chi connectivity index (χ1v) is 6.00. The van der Waals surface area contributed by atoms with Crippen LogP contribution in [-0.4, -0.2) is 22.9 Å². The van der Waals surface area contributed by atoms with Gasteiger partial charge < -0.3 is 10.5 Å². The van der Waals surface area contributed by atoms with Crippen molar-refractivity contribution in [1.82, 2.24) is 9.78 Å². The Morgan fingerprint density at radius 2 is 2.05 bits per heavy atom. The van der Waals surface area contributed by atoms with Crippen molar-refractivity contribution in [3.63, 3.8) is 0 Å². The maximum absolute atomic E-state index is 11.7. The molecule has 5 nitrogen and oxygen atoms in total. The van der Waals surface area contributed by atoms with Crippen molar-refractivity contribution in [3.8, 4) is 0 Å². The molecular formula is C14H17N3O2. The Kier molecular flexibility index (Phi) is 3.55. The Labute approximate surface area is 112 Å². The Bertz CT molecular complexity index is 617. The average molecular weight is 259 g/mol. The topological polar surface area (TPSA) is 70.1 Å². The van der Waals surface area contributed by atoms with Gasteiger partial charge in [0, 0.05) is 0 Å². The fourth-order valence-corrected chi connectivity index (χ4v) is 1.99. The third-order valence-electron chi connectivity index (χ3n) is 3.18. The molecule has 0 spiro atoms. The van der Waals surface area contributed by atoms with Crippen LogP contribution in [0.3, 0.4) is 0 Å². The van der Waals surface area contributed by atoms with Crippen molar-refractivity contribution in [2.24, 2.45) is 0 Å². The van der Waals surface area contributed by atoms with Crippen molar-refractivity contribution in [2.75, 3.05) is 12.8 Å². The van der Waals surface area contributed by atoms with E-state index in [2.05, 4.69) is 5.10 Å². The molecule has 2 N–H and O–H groups in total. The van der Waals surface area contributed by atoms with E-state index in [-0.39, 0.29) is 5.97 Å². The van der Waals surface area contributed by atoms with Crippen LogP contribution in [0.5, 0.6) is 0 Å². The van der Waals surface area contributed by atoms with Gasteiger partial charge in [-0.05, 0) is 25.5 Å². The first-order chi connectivity index (χ1) is 9.04. The largest absolute Gasteiger partial charge is 0.465 e. The summed E-state index contributed by atoms with van der Waals surface area (Å²) in [6.07, 6.45) is 0. The summed E-state index contributed by atoms with van der Waals surface area (Å²) in [5, 5.41) is 4.37.